The highest BCUT2D eigenvalue weighted by atomic mass is 32.1. The molecule has 0 radical (unpaired) electrons. The molecule has 6 aromatic rings. The highest BCUT2D eigenvalue weighted by Crippen LogP contribution is 2.43. The summed E-state index contributed by atoms with van der Waals surface area (Å²) >= 11 is 1.75. The van der Waals surface area contributed by atoms with Crippen LogP contribution in [0.4, 0.5) is 0 Å². The van der Waals surface area contributed by atoms with Crippen LogP contribution in [-0.2, 0) is 6.42 Å². The Bertz CT molecular complexity index is 1560. The van der Waals surface area contributed by atoms with Gasteiger partial charge in [0.05, 0.1) is 10.2 Å². The molecule has 0 aliphatic rings. The standard InChI is InChI=1S/C28H23NOS/c1-28(2,3)16-17-12-13-23-20(14-17)25-21(27-29-22-10-6-7-11-24(22)31-27)15-18-8-4-5-9-19(18)26(25)30-23/h4-15H,16H2,1-3H3. The Kier molecular flexibility index (Phi) is 4.00. The minimum atomic E-state index is 0.232. The van der Waals surface area contributed by atoms with Gasteiger partial charge in [-0.05, 0) is 53.1 Å². The summed E-state index contributed by atoms with van der Waals surface area (Å²) < 4.78 is 7.67. The van der Waals surface area contributed by atoms with E-state index in [2.05, 4.69) is 87.5 Å². The molecule has 0 saturated heterocycles. The predicted octanol–water partition coefficient (Wildman–Crippen LogP) is 8.60. The zero-order chi connectivity index (χ0) is 21.2. The fourth-order valence-corrected chi connectivity index (χ4v) is 5.53. The Labute approximate surface area is 185 Å². The quantitative estimate of drug-likeness (QED) is 0.280. The second-order valence-corrected chi connectivity index (χ2v) is 10.5. The number of fused-ring (bicyclic) bond motifs is 6. The summed E-state index contributed by atoms with van der Waals surface area (Å²) in [6.45, 7) is 6.85. The topological polar surface area (TPSA) is 26.0 Å². The number of hydrogen-bond donors (Lipinski definition) is 0. The fraction of sp³-hybridized carbons (Fsp3) is 0.179. The summed E-state index contributed by atoms with van der Waals surface area (Å²) in [5, 5.41) is 5.72. The number of hydrogen-bond acceptors (Lipinski definition) is 3. The fourth-order valence-electron chi connectivity index (χ4n) is 4.54. The van der Waals surface area contributed by atoms with Gasteiger partial charge in [-0.1, -0.05) is 63.2 Å². The lowest BCUT2D eigenvalue weighted by Crippen LogP contribution is -2.08. The normalized spacial score (nSPS) is 12.5. The molecule has 0 bridgehead atoms. The van der Waals surface area contributed by atoms with Crippen LogP contribution < -0.4 is 0 Å². The molecule has 0 fully saturated rings. The summed E-state index contributed by atoms with van der Waals surface area (Å²) in [6, 6.07) is 25.8. The predicted molar refractivity (Wildman–Crippen MR) is 133 cm³/mol. The Morgan fingerprint density at radius 1 is 0.871 bits per heavy atom. The number of furan rings is 1. The van der Waals surface area contributed by atoms with Gasteiger partial charge in [-0.15, -0.1) is 11.3 Å². The van der Waals surface area contributed by atoms with Gasteiger partial charge in [-0.2, -0.15) is 0 Å². The van der Waals surface area contributed by atoms with Crippen molar-refractivity contribution in [2.45, 2.75) is 27.2 Å². The van der Waals surface area contributed by atoms with E-state index in [9.17, 15) is 0 Å². The summed E-state index contributed by atoms with van der Waals surface area (Å²) in [5.74, 6) is 0. The van der Waals surface area contributed by atoms with Crippen molar-refractivity contribution in [3.8, 4) is 10.6 Å². The van der Waals surface area contributed by atoms with Gasteiger partial charge < -0.3 is 4.42 Å². The van der Waals surface area contributed by atoms with E-state index in [1.165, 1.54) is 26.4 Å². The Morgan fingerprint density at radius 3 is 2.52 bits per heavy atom. The molecule has 4 aromatic carbocycles. The molecular formula is C28H23NOS. The van der Waals surface area contributed by atoms with E-state index in [0.717, 1.165) is 39.1 Å². The Hall–Kier alpha value is -3.17. The van der Waals surface area contributed by atoms with Crippen LogP contribution in [0.3, 0.4) is 0 Å². The molecule has 6 rings (SSSR count). The number of benzene rings is 4. The molecule has 0 aliphatic carbocycles. The molecule has 0 unspecified atom stereocenters. The molecular weight excluding hydrogens is 398 g/mol. The molecule has 0 spiro atoms. The van der Waals surface area contributed by atoms with Crippen LogP contribution in [0.25, 0.3) is 53.5 Å². The van der Waals surface area contributed by atoms with Gasteiger partial charge in [0.2, 0.25) is 0 Å². The maximum Gasteiger partial charge on any atom is 0.143 e. The van der Waals surface area contributed by atoms with Gasteiger partial charge in [-0.3, -0.25) is 0 Å². The lowest BCUT2D eigenvalue weighted by molar-refractivity contribution is 0.411. The van der Waals surface area contributed by atoms with Crippen molar-refractivity contribution in [2.75, 3.05) is 0 Å². The lowest BCUT2D eigenvalue weighted by Gasteiger charge is -2.17. The SMILES string of the molecule is CC(C)(C)Cc1ccc2oc3c4ccccc4cc(-c4nc5ccccc5s4)c3c2c1. The minimum absolute atomic E-state index is 0.232. The van der Waals surface area contributed by atoms with Crippen molar-refractivity contribution in [3.63, 3.8) is 0 Å². The van der Waals surface area contributed by atoms with E-state index in [4.69, 9.17) is 9.40 Å². The monoisotopic (exact) mass is 421 g/mol. The highest BCUT2D eigenvalue weighted by Gasteiger charge is 2.20. The molecule has 0 amide bonds. The van der Waals surface area contributed by atoms with Crippen LogP contribution in [0.2, 0.25) is 0 Å². The third kappa shape index (κ3) is 3.12. The first-order valence-electron chi connectivity index (χ1n) is 10.7. The molecule has 0 atom stereocenters. The molecule has 0 N–H and O–H groups in total. The molecule has 2 aromatic heterocycles. The van der Waals surface area contributed by atoms with Crippen LogP contribution in [0.5, 0.6) is 0 Å². The van der Waals surface area contributed by atoms with Crippen LogP contribution in [0.1, 0.15) is 26.3 Å². The van der Waals surface area contributed by atoms with Gasteiger partial charge in [-0.25, -0.2) is 4.98 Å². The third-order valence-corrected chi connectivity index (χ3v) is 6.86. The summed E-state index contributed by atoms with van der Waals surface area (Å²) in [4.78, 5) is 4.99. The zero-order valence-corrected chi connectivity index (χ0v) is 18.7. The molecule has 2 nitrogen and oxygen atoms in total. The molecule has 31 heavy (non-hydrogen) atoms. The number of aromatic nitrogens is 1. The second kappa shape index (κ2) is 6.66. The minimum Gasteiger partial charge on any atom is -0.455 e. The van der Waals surface area contributed by atoms with Crippen molar-refractivity contribution in [1.29, 1.82) is 0 Å². The Balaban J connectivity index is 1.72. The number of thiazole rings is 1. The molecule has 0 aliphatic heterocycles. The zero-order valence-electron chi connectivity index (χ0n) is 17.9. The van der Waals surface area contributed by atoms with E-state index in [0.29, 0.717) is 0 Å². The average Bonchev–Trinajstić information content (AvgIpc) is 3.33. The van der Waals surface area contributed by atoms with E-state index >= 15 is 0 Å². The van der Waals surface area contributed by atoms with Gasteiger partial charge in [0.1, 0.15) is 16.2 Å². The summed E-state index contributed by atoms with van der Waals surface area (Å²) in [7, 11) is 0. The summed E-state index contributed by atoms with van der Waals surface area (Å²) in [5.41, 5.74) is 5.66. The first-order chi connectivity index (χ1) is 15.0. The van der Waals surface area contributed by atoms with Crippen molar-refractivity contribution in [3.05, 3.63) is 78.4 Å². The first kappa shape index (κ1) is 18.6. The molecule has 2 heterocycles. The van der Waals surface area contributed by atoms with Crippen LogP contribution in [-0.4, -0.2) is 4.98 Å². The van der Waals surface area contributed by atoms with Gasteiger partial charge in [0, 0.05) is 21.7 Å². The van der Waals surface area contributed by atoms with Crippen molar-refractivity contribution in [1.82, 2.24) is 4.98 Å². The number of rotatable bonds is 2. The lowest BCUT2D eigenvalue weighted by atomic mass is 9.87. The van der Waals surface area contributed by atoms with Crippen molar-refractivity contribution < 1.29 is 4.42 Å². The second-order valence-electron chi connectivity index (χ2n) is 9.51. The largest absolute Gasteiger partial charge is 0.455 e. The Morgan fingerprint density at radius 2 is 1.68 bits per heavy atom. The van der Waals surface area contributed by atoms with Gasteiger partial charge >= 0.3 is 0 Å². The van der Waals surface area contributed by atoms with E-state index < -0.39 is 0 Å². The van der Waals surface area contributed by atoms with Crippen LogP contribution >= 0.6 is 11.3 Å². The van der Waals surface area contributed by atoms with E-state index in [1.54, 1.807) is 11.3 Å². The maximum absolute atomic E-state index is 6.46. The van der Waals surface area contributed by atoms with E-state index in [1.807, 2.05) is 6.07 Å². The van der Waals surface area contributed by atoms with Crippen molar-refractivity contribution >= 4 is 54.3 Å². The van der Waals surface area contributed by atoms with Gasteiger partial charge in [0.25, 0.3) is 0 Å². The average molecular weight is 422 g/mol. The molecule has 152 valence electrons. The smallest absolute Gasteiger partial charge is 0.143 e. The van der Waals surface area contributed by atoms with Gasteiger partial charge in [0.15, 0.2) is 0 Å². The van der Waals surface area contributed by atoms with E-state index in [-0.39, 0.29) is 5.41 Å². The first-order valence-corrected chi connectivity index (χ1v) is 11.5. The van der Waals surface area contributed by atoms with Crippen LogP contribution in [0.15, 0.2) is 77.2 Å². The highest BCUT2D eigenvalue weighted by molar-refractivity contribution is 7.21. The molecule has 0 saturated carbocycles. The maximum atomic E-state index is 6.46. The molecule has 3 heteroatoms. The summed E-state index contributed by atoms with van der Waals surface area (Å²) in [6.07, 6.45) is 1.03. The van der Waals surface area contributed by atoms with Crippen LogP contribution in [0, 0.1) is 5.41 Å². The third-order valence-electron chi connectivity index (χ3n) is 5.79. The number of nitrogens with zero attached hydrogens (tertiary/aromatic N) is 1. The van der Waals surface area contributed by atoms with Crippen molar-refractivity contribution in [2.24, 2.45) is 5.41 Å². The number of para-hydroxylation sites is 1.